The Morgan fingerprint density at radius 2 is 1.72 bits per heavy atom. The second-order valence-corrected chi connectivity index (χ2v) is 10.4. The molecule has 1 aliphatic rings. The largest absolute Gasteiger partial charge is 0.457 e. The molecule has 0 atom stereocenters. The smallest absolute Gasteiger partial charge is 0.250 e. The molecule has 0 unspecified atom stereocenters. The number of amides is 1. The van der Waals surface area contributed by atoms with Crippen molar-refractivity contribution in [2.45, 2.75) is 17.7 Å². The molecule has 8 nitrogen and oxygen atoms in total. The molecule has 1 saturated heterocycles. The maximum absolute atomic E-state index is 13.0. The molecule has 3 aromatic rings. The van der Waals surface area contributed by atoms with Gasteiger partial charge in [0, 0.05) is 19.4 Å². The highest BCUT2D eigenvalue weighted by Gasteiger charge is 2.44. The summed E-state index contributed by atoms with van der Waals surface area (Å²) in [5.41, 5.74) is 3.21. The first-order valence-electron chi connectivity index (χ1n) is 9.94. The number of carbonyl (C=O) groups is 1. The second-order valence-electron chi connectivity index (χ2n) is 7.56. The van der Waals surface area contributed by atoms with Gasteiger partial charge in [0.2, 0.25) is 0 Å². The van der Waals surface area contributed by atoms with Gasteiger partial charge in [0.05, 0.1) is 26.5 Å². The van der Waals surface area contributed by atoms with Crippen molar-refractivity contribution in [3.8, 4) is 21.9 Å². The van der Waals surface area contributed by atoms with E-state index in [2.05, 4.69) is 4.98 Å². The molecule has 1 aliphatic heterocycles. The summed E-state index contributed by atoms with van der Waals surface area (Å²) in [5, 5.41) is 9.11. The number of carbonyl (C=O) groups excluding carboxylic acids is 1. The lowest BCUT2D eigenvalue weighted by Crippen LogP contribution is -2.47. The summed E-state index contributed by atoms with van der Waals surface area (Å²) in [7, 11) is -3.78. The van der Waals surface area contributed by atoms with Crippen LogP contribution >= 0.6 is 11.3 Å². The van der Waals surface area contributed by atoms with Crippen molar-refractivity contribution >= 4 is 27.1 Å². The van der Waals surface area contributed by atoms with Crippen LogP contribution in [-0.2, 0) is 19.4 Å². The lowest BCUT2D eigenvalue weighted by molar-refractivity contribution is -0.143. The third-order valence-corrected chi connectivity index (χ3v) is 8.23. The van der Waals surface area contributed by atoms with Crippen molar-refractivity contribution in [2.75, 3.05) is 19.0 Å². The SMILES string of the molecule is O=C(NO)C1(CS(=O)(=O)c2ccc(Oc3ccc(-c4cncs4)cc3)cc2)CCOCC1. The van der Waals surface area contributed by atoms with Crippen LogP contribution in [0, 0.1) is 5.41 Å². The highest BCUT2D eigenvalue weighted by molar-refractivity contribution is 7.91. The van der Waals surface area contributed by atoms with Gasteiger partial charge in [-0.1, -0.05) is 0 Å². The molecule has 2 heterocycles. The third kappa shape index (κ3) is 4.83. The van der Waals surface area contributed by atoms with Crippen molar-refractivity contribution in [3.63, 3.8) is 0 Å². The average Bonchev–Trinajstić information content (AvgIpc) is 3.35. The summed E-state index contributed by atoms with van der Waals surface area (Å²) < 4.78 is 37.1. The lowest BCUT2D eigenvalue weighted by atomic mass is 9.81. The van der Waals surface area contributed by atoms with Crippen LogP contribution in [0.5, 0.6) is 11.5 Å². The van der Waals surface area contributed by atoms with Crippen LogP contribution in [0.2, 0.25) is 0 Å². The van der Waals surface area contributed by atoms with E-state index in [9.17, 15) is 13.2 Å². The Bertz CT molecular complexity index is 1150. The first-order chi connectivity index (χ1) is 15.4. The summed E-state index contributed by atoms with van der Waals surface area (Å²) in [6, 6.07) is 13.6. The first-order valence-corrected chi connectivity index (χ1v) is 12.5. The molecular formula is C22H22N2O6S2. The van der Waals surface area contributed by atoms with Gasteiger partial charge in [0.15, 0.2) is 9.84 Å². The van der Waals surface area contributed by atoms with Crippen molar-refractivity contribution in [3.05, 3.63) is 60.2 Å². The molecule has 0 radical (unpaired) electrons. The molecule has 32 heavy (non-hydrogen) atoms. The minimum absolute atomic E-state index is 0.0852. The topological polar surface area (TPSA) is 115 Å². The van der Waals surface area contributed by atoms with Crippen molar-refractivity contribution in [1.82, 2.24) is 10.5 Å². The van der Waals surface area contributed by atoms with Gasteiger partial charge in [-0.05, 0) is 66.9 Å². The molecule has 1 aromatic heterocycles. The second kappa shape index (κ2) is 9.37. The normalized spacial score (nSPS) is 15.8. The van der Waals surface area contributed by atoms with Gasteiger partial charge in [-0.2, -0.15) is 0 Å². The summed E-state index contributed by atoms with van der Waals surface area (Å²) in [5.74, 6) is -0.00115. The van der Waals surface area contributed by atoms with Crippen LogP contribution in [0.4, 0.5) is 0 Å². The zero-order chi connectivity index (χ0) is 22.6. The zero-order valence-electron chi connectivity index (χ0n) is 17.1. The highest BCUT2D eigenvalue weighted by Crippen LogP contribution is 2.35. The molecule has 2 N–H and O–H groups in total. The van der Waals surface area contributed by atoms with E-state index in [-0.39, 0.29) is 31.0 Å². The Hall–Kier alpha value is -2.79. The number of hydrogen-bond acceptors (Lipinski definition) is 8. The Morgan fingerprint density at radius 3 is 2.28 bits per heavy atom. The summed E-state index contributed by atoms with van der Waals surface area (Å²) in [4.78, 5) is 17.5. The number of benzene rings is 2. The number of rotatable bonds is 7. The third-order valence-electron chi connectivity index (χ3n) is 5.49. The van der Waals surface area contributed by atoms with E-state index < -0.39 is 26.9 Å². The minimum atomic E-state index is -3.78. The van der Waals surface area contributed by atoms with E-state index in [1.807, 2.05) is 24.3 Å². The predicted molar refractivity (Wildman–Crippen MR) is 119 cm³/mol. The van der Waals surface area contributed by atoms with Crippen LogP contribution in [0.1, 0.15) is 12.8 Å². The standard InChI is InChI=1S/C22H22N2O6S2/c25-21(24-26)22(9-11-29-12-10-22)14-32(27,28)19-7-5-18(6-8-19)30-17-3-1-16(2-4-17)20-13-23-15-31-20/h1-8,13,15,26H,9-12,14H2,(H,24,25). The molecule has 4 rings (SSSR count). The van der Waals surface area contributed by atoms with Gasteiger partial charge in [-0.25, -0.2) is 13.9 Å². The predicted octanol–water partition coefficient (Wildman–Crippen LogP) is 3.68. The fourth-order valence-corrected chi connectivity index (χ4v) is 6.16. The minimum Gasteiger partial charge on any atom is -0.457 e. The molecule has 0 bridgehead atoms. The fraction of sp³-hybridized carbons (Fsp3) is 0.273. The Labute approximate surface area is 189 Å². The number of sulfone groups is 1. The van der Waals surface area contributed by atoms with Crippen LogP contribution in [0.3, 0.4) is 0 Å². The Morgan fingerprint density at radius 1 is 1.09 bits per heavy atom. The Balaban J connectivity index is 1.47. The van der Waals surface area contributed by atoms with Crippen molar-refractivity contribution < 1.29 is 27.9 Å². The zero-order valence-corrected chi connectivity index (χ0v) is 18.7. The molecule has 10 heteroatoms. The summed E-state index contributed by atoms with van der Waals surface area (Å²) >= 11 is 1.55. The number of ether oxygens (including phenoxy) is 2. The van der Waals surface area contributed by atoms with Crippen LogP contribution in [0.25, 0.3) is 10.4 Å². The van der Waals surface area contributed by atoms with Gasteiger partial charge >= 0.3 is 0 Å². The lowest BCUT2D eigenvalue weighted by Gasteiger charge is -2.34. The molecule has 2 aromatic carbocycles. The van der Waals surface area contributed by atoms with Gasteiger partial charge < -0.3 is 9.47 Å². The Kier molecular flexibility index (Phi) is 6.56. The first kappa shape index (κ1) is 22.4. The number of hydroxylamine groups is 1. The number of aromatic nitrogens is 1. The van der Waals surface area contributed by atoms with Gasteiger partial charge in [-0.15, -0.1) is 11.3 Å². The van der Waals surface area contributed by atoms with Crippen LogP contribution in [-0.4, -0.2) is 43.5 Å². The maximum atomic E-state index is 13.0. The molecular weight excluding hydrogens is 452 g/mol. The number of hydrogen-bond donors (Lipinski definition) is 2. The van der Waals surface area contributed by atoms with Crippen molar-refractivity contribution in [1.29, 1.82) is 0 Å². The van der Waals surface area contributed by atoms with E-state index in [4.69, 9.17) is 14.7 Å². The highest BCUT2D eigenvalue weighted by atomic mass is 32.2. The van der Waals surface area contributed by atoms with Gasteiger partial charge in [0.1, 0.15) is 11.5 Å². The number of nitrogens with zero attached hydrogens (tertiary/aromatic N) is 1. The quantitative estimate of drug-likeness (QED) is 0.396. The van der Waals surface area contributed by atoms with Gasteiger partial charge in [0.25, 0.3) is 5.91 Å². The average molecular weight is 475 g/mol. The molecule has 1 amide bonds. The number of thiazole rings is 1. The van der Waals surface area contributed by atoms with E-state index in [1.165, 1.54) is 12.1 Å². The molecule has 0 saturated carbocycles. The van der Waals surface area contributed by atoms with Crippen LogP contribution < -0.4 is 10.2 Å². The molecule has 0 spiro atoms. The summed E-state index contributed by atoms with van der Waals surface area (Å²) in [6.07, 6.45) is 2.24. The molecule has 168 valence electrons. The number of nitrogens with one attached hydrogen (secondary N) is 1. The monoisotopic (exact) mass is 474 g/mol. The molecule has 0 aliphatic carbocycles. The fourth-order valence-electron chi connectivity index (χ4n) is 3.66. The summed E-state index contributed by atoms with van der Waals surface area (Å²) in [6.45, 7) is 0.523. The van der Waals surface area contributed by atoms with E-state index in [1.54, 1.807) is 40.7 Å². The van der Waals surface area contributed by atoms with Crippen LogP contribution in [0.15, 0.2) is 65.1 Å². The maximum Gasteiger partial charge on any atom is 0.250 e. The van der Waals surface area contributed by atoms with Gasteiger partial charge in [-0.3, -0.25) is 15.0 Å². The van der Waals surface area contributed by atoms with E-state index >= 15 is 0 Å². The van der Waals surface area contributed by atoms with E-state index in [0.717, 1.165) is 10.4 Å². The molecule has 1 fully saturated rings. The van der Waals surface area contributed by atoms with Crippen molar-refractivity contribution in [2.24, 2.45) is 5.41 Å². The van der Waals surface area contributed by atoms with E-state index in [0.29, 0.717) is 11.5 Å².